The van der Waals surface area contributed by atoms with Gasteiger partial charge in [0.2, 0.25) is 5.91 Å². The standard InChI is InChI=1S/C19H17Cl2N3O6/c20-14-6-2-7-15(19(14)21)23-17(26)11-30-18(27)9-3-8-16(25)22-12-4-1-5-13(10-12)24(28)29/h1-2,4-7,10H,3,8-9,11H2,(H,22,25)(H,23,26). The Kier molecular flexibility index (Phi) is 8.57. The third-order valence-corrected chi connectivity index (χ3v) is 4.53. The number of ether oxygens (including phenoxy) is 1. The fourth-order valence-electron chi connectivity index (χ4n) is 2.32. The van der Waals surface area contributed by atoms with Crippen LogP contribution in [0.1, 0.15) is 19.3 Å². The number of carbonyl (C=O) groups is 3. The highest BCUT2D eigenvalue weighted by atomic mass is 35.5. The molecule has 2 rings (SSSR count). The van der Waals surface area contributed by atoms with Gasteiger partial charge in [0.15, 0.2) is 6.61 Å². The van der Waals surface area contributed by atoms with Crippen molar-refractivity contribution in [3.05, 3.63) is 62.6 Å². The molecule has 2 aromatic rings. The first-order valence-electron chi connectivity index (χ1n) is 8.70. The van der Waals surface area contributed by atoms with Crippen LogP contribution in [-0.4, -0.2) is 29.3 Å². The summed E-state index contributed by atoms with van der Waals surface area (Å²) in [4.78, 5) is 45.6. The number of hydrogen-bond donors (Lipinski definition) is 2. The van der Waals surface area contributed by atoms with Crippen LogP contribution in [0, 0.1) is 10.1 Å². The van der Waals surface area contributed by atoms with Crippen LogP contribution in [0.4, 0.5) is 17.1 Å². The van der Waals surface area contributed by atoms with Gasteiger partial charge in [0.1, 0.15) is 0 Å². The first-order valence-corrected chi connectivity index (χ1v) is 9.45. The lowest BCUT2D eigenvalue weighted by Crippen LogP contribution is -2.21. The van der Waals surface area contributed by atoms with E-state index in [2.05, 4.69) is 10.6 Å². The summed E-state index contributed by atoms with van der Waals surface area (Å²) in [6.07, 6.45) is 0.108. The number of hydrogen-bond acceptors (Lipinski definition) is 6. The Bertz CT molecular complexity index is 967. The first-order chi connectivity index (χ1) is 14.3. The molecule has 2 amide bonds. The molecule has 0 radical (unpaired) electrons. The lowest BCUT2D eigenvalue weighted by atomic mass is 10.2. The lowest BCUT2D eigenvalue weighted by Gasteiger charge is -2.09. The van der Waals surface area contributed by atoms with Gasteiger partial charge in [-0.05, 0) is 24.6 Å². The molecule has 0 saturated heterocycles. The summed E-state index contributed by atoms with van der Waals surface area (Å²) in [5.74, 6) is -1.64. The number of nitrogens with zero attached hydrogens (tertiary/aromatic N) is 1. The number of esters is 1. The van der Waals surface area contributed by atoms with Gasteiger partial charge < -0.3 is 15.4 Å². The second-order valence-electron chi connectivity index (χ2n) is 6.02. The van der Waals surface area contributed by atoms with Gasteiger partial charge in [0.05, 0.1) is 20.7 Å². The van der Waals surface area contributed by atoms with E-state index in [-0.39, 0.29) is 40.7 Å². The van der Waals surface area contributed by atoms with Crippen molar-refractivity contribution in [2.24, 2.45) is 0 Å². The van der Waals surface area contributed by atoms with E-state index in [0.717, 1.165) is 0 Å². The zero-order valence-corrected chi connectivity index (χ0v) is 17.0. The summed E-state index contributed by atoms with van der Waals surface area (Å²) in [6.45, 7) is -0.512. The largest absolute Gasteiger partial charge is 0.456 e. The molecule has 0 atom stereocenters. The van der Waals surface area contributed by atoms with Crippen molar-refractivity contribution in [3.8, 4) is 0 Å². The van der Waals surface area contributed by atoms with Crippen LogP contribution in [-0.2, 0) is 19.1 Å². The summed E-state index contributed by atoms with van der Waals surface area (Å²) in [7, 11) is 0. The molecule has 0 spiro atoms. The highest BCUT2D eigenvalue weighted by molar-refractivity contribution is 6.44. The van der Waals surface area contributed by atoms with E-state index in [0.29, 0.717) is 5.69 Å². The zero-order valence-electron chi connectivity index (χ0n) is 15.5. The van der Waals surface area contributed by atoms with Gasteiger partial charge in [-0.15, -0.1) is 0 Å². The Balaban J connectivity index is 1.68. The molecule has 0 aliphatic rings. The smallest absolute Gasteiger partial charge is 0.306 e. The number of nitro benzene ring substituents is 1. The Morgan fingerprint density at radius 1 is 1.00 bits per heavy atom. The summed E-state index contributed by atoms with van der Waals surface area (Å²) in [6, 6.07) is 10.2. The van der Waals surface area contributed by atoms with Gasteiger partial charge in [-0.3, -0.25) is 24.5 Å². The predicted molar refractivity (Wildman–Crippen MR) is 112 cm³/mol. The van der Waals surface area contributed by atoms with E-state index in [1.165, 1.54) is 24.3 Å². The highest BCUT2D eigenvalue weighted by Crippen LogP contribution is 2.29. The number of benzene rings is 2. The van der Waals surface area contributed by atoms with E-state index < -0.39 is 29.3 Å². The average Bonchev–Trinajstić information content (AvgIpc) is 2.70. The van der Waals surface area contributed by atoms with Gasteiger partial charge in [-0.25, -0.2) is 0 Å². The quantitative estimate of drug-likeness (QED) is 0.332. The van der Waals surface area contributed by atoms with E-state index in [1.54, 1.807) is 18.2 Å². The molecule has 11 heteroatoms. The van der Waals surface area contributed by atoms with Crippen LogP contribution in [0.15, 0.2) is 42.5 Å². The molecule has 0 aliphatic carbocycles. The number of anilines is 2. The Hall–Kier alpha value is -3.17. The number of amides is 2. The second-order valence-corrected chi connectivity index (χ2v) is 6.80. The van der Waals surface area contributed by atoms with Crippen molar-refractivity contribution in [2.45, 2.75) is 19.3 Å². The maximum Gasteiger partial charge on any atom is 0.306 e. The number of nitro groups is 1. The van der Waals surface area contributed by atoms with E-state index in [9.17, 15) is 24.5 Å². The molecule has 0 heterocycles. The molecular formula is C19H17Cl2N3O6. The van der Waals surface area contributed by atoms with Gasteiger partial charge in [-0.2, -0.15) is 0 Å². The molecule has 0 saturated carbocycles. The van der Waals surface area contributed by atoms with Crippen LogP contribution in [0.5, 0.6) is 0 Å². The van der Waals surface area contributed by atoms with Gasteiger partial charge >= 0.3 is 5.97 Å². The number of carbonyl (C=O) groups excluding carboxylic acids is 3. The lowest BCUT2D eigenvalue weighted by molar-refractivity contribution is -0.384. The van der Waals surface area contributed by atoms with Crippen molar-refractivity contribution in [1.29, 1.82) is 0 Å². The molecule has 0 aliphatic heterocycles. The van der Waals surface area contributed by atoms with Gasteiger partial charge in [-0.1, -0.05) is 35.3 Å². The zero-order chi connectivity index (χ0) is 22.1. The normalized spacial score (nSPS) is 10.2. The summed E-state index contributed by atoms with van der Waals surface area (Å²) >= 11 is 11.8. The fourth-order valence-corrected chi connectivity index (χ4v) is 2.67. The SMILES string of the molecule is O=C(CCCC(=O)OCC(=O)Nc1cccc(Cl)c1Cl)Nc1cccc([N+](=O)[O-])c1. The molecule has 30 heavy (non-hydrogen) atoms. The number of nitrogens with one attached hydrogen (secondary N) is 2. The van der Waals surface area contributed by atoms with Crippen molar-refractivity contribution >= 4 is 58.0 Å². The maximum absolute atomic E-state index is 11.9. The third kappa shape index (κ3) is 7.34. The third-order valence-electron chi connectivity index (χ3n) is 3.72. The first kappa shape index (κ1) is 23.1. The van der Waals surface area contributed by atoms with Crippen molar-refractivity contribution in [1.82, 2.24) is 0 Å². The van der Waals surface area contributed by atoms with Crippen LogP contribution in [0.2, 0.25) is 10.0 Å². The van der Waals surface area contributed by atoms with Crippen molar-refractivity contribution in [2.75, 3.05) is 17.2 Å². The average molecular weight is 454 g/mol. The molecule has 0 bridgehead atoms. The van der Waals surface area contributed by atoms with E-state index in [4.69, 9.17) is 27.9 Å². The highest BCUT2D eigenvalue weighted by Gasteiger charge is 2.12. The minimum absolute atomic E-state index is 0.00209. The van der Waals surface area contributed by atoms with Gasteiger partial charge in [0.25, 0.3) is 11.6 Å². The van der Waals surface area contributed by atoms with Crippen molar-refractivity contribution < 1.29 is 24.0 Å². The molecule has 2 aromatic carbocycles. The fraction of sp³-hybridized carbons (Fsp3) is 0.211. The van der Waals surface area contributed by atoms with Crippen LogP contribution < -0.4 is 10.6 Å². The summed E-state index contributed by atoms with van der Waals surface area (Å²) < 4.78 is 4.85. The molecule has 158 valence electrons. The molecule has 0 aromatic heterocycles. The Morgan fingerprint density at radius 3 is 2.47 bits per heavy atom. The maximum atomic E-state index is 11.9. The van der Waals surface area contributed by atoms with Crippen LogP contribution in [0.3, 0.4) is 0 Å². The van der Waals surface area contributed by atoms with Crippen LogP contribution >= 0.6 is 23.2 Å². The van der Waals surface area contributed by atoms with E-state index in [1.807, 2.05) is 0 Å². The minimum Gasteiger partial charge on any atom is -0.456 e. The molecule has 0 fully saturated rings. The molecule has 9 nitrogen and oxygen atoms in total. The predicted octanol–water partition coefficient (Wildman–Crippen LogP) is 4.19. The number of non-ortho nitro benzene ring substituents is 1. The topological polar surface area (TPSA) is 128 Å². The number of rotatable bonds is 9. The monoisotopic (exact) mass is 453 g/mol. The second kappa shape index (κ2) is 11.1. The summed E-state index contributed by atoms with van der Waals surface area (Å²) in [5.41, 5.74) is 0.435. The van der Waals surface area contributed by atoms with Crippen LogP contribution in [0.25, 0.3) is 0 Å². The Labute approximate surface area is 181 Å². The molecule has 2 N–H and O–H groups in total. The van der Waals surface area contributed by atoms with Gasteiger partial charge in [0, 0.05) is 30.7 Å². The molecular weight excluding hydrogens is 437 g/mol. The van der Waals surface area contributed by atoms with E-state index >= 15 is 0 Å². The molecule has 0 unspecified atom stereocenters. The number of halogens is 2. The minimum atomic E-state index is -0.648. The Morgan fingerprint density at radius 2 is 1.73 bits per heavy atom. The van der Waals surface area contributed by atoms with Crippen molar-refractivity contribution in [3.63, 3.8) is 0 Å². The summed E-state index contributed by atoms with van der Waals surface area (Å²) in [5, 5.41) is 16.2.